The van der Waals surface area contributed by atoms with Gasteiger partial charge in [0.05, 0.1) is 0 Å². The second-order valence-corrected chi connectivity index (χ2v) is 7.82. The minimum absolute atomic E-state index is 0. The molecule has 1 rings (SSSR count). The third kappa shape index (κ3) is 20.2. The standard InChI is InChI=1S/C24H43N.C2H6.ClH/c1-3-4-5-6-7-8-9-10-11-12-13-14-15-19-22-25(2)23-24-20-17-16-18-21-24;1-2;/h16-18,20-21H,3-15,19,22-23H2,1-2H3;1-2H3;1H. The average molecular weight is 412 g/mol. The Bertz CT molecular complexity index is 379. The molecule has 0 aliphatic carbocycles. The summed E-state index contributed by atoms with van der Waals surface area (Å²) in [7, 11) is 2.25. The van der Waals surface area contributed by atoms with Crippen molar-refractivity contribution >= 4 is 12.4 Å². The first-order chi connectivity index (χ1) is 13.3. The Balaban J connectivity index is 0. The van der Waals surface area contributed by atoms with E-state index in [9.17, 15) is 0 Å². The third-order valence-corrected chi connectivity index (χ3v) is 5.19. The molecule has 0 amide bonds. The molecular formula is C26H50ClN. The molecule has 2 heteroatoms. The summed E-state index contributed by atoms with van der Waals surface area (Å²) >= 11 is 0. The van der Waals surface area contributed by atoms with Gasteiger partial charge in [-0.25, -0.2) is 0 Å². The first-order valence-corrected chi connectivity index (χ1v) is 12.1. The topological polar surface area (TPSA) is 3.24 Å². The lowest BCUT2D eigenvalue weighted by Gasteiger charge is -2.16. The van der Waals surface area contributed by atoms with Crippen molar-refractivity contribution in [2.45, 2.75) is 117 Å². The van der Waals surface area contributed by atoms with Gasteiger partial charge in [0.2, 0.25) is 0 Å². The molecule has 0 N–H and O–H groups in total. The van der Waals surface area contributed by atoms with Crippen LogP contribution in [0.15, 0.2) is 30.3 Å². The highest BCUT2D eigenvalue weighted by atomic mass is 35.5. The van der Waals surface area contributed by atoms with Gasteiger partial charge < -0.3 is 4.90 Å². The van der Waals surface area contributed by atoms with Crippen LogP contribution >= 0.6 is 12.4 Å². The lowest BCUT2D eigenvalue weighted by molar-refractivity contribution is 0.316. The predicted octanol–water partition coefficient (Wildman–Crippen LogP) is 9.05. The van der Waals surface area contributed by atoms with Crippen molar-refractivity contribution in [3.63, 3.8) is 0 Å². The molecule has 0 aliphatic heterocycles. The maximum atomic E-state index is 2.45. The van der Waals surface area contributed by atoms with Crippen LogP contribution < -0.4 is 0 Å². The Hall–Kier alpha value is -0.530. The fourth-order valence-corrected chi connectivity index (χ4v) is 3.55. The number of nitrogens with zero attached hydrogens (tertiary/aromatic N) is 1. The first kappa shape index (κ1) is 29.7. The van der Waals surface area contributed by atoms with Gasteiger partial charge in [0.1, 0.15) is 0 Å². The average Bonchev–Trinajstić information content (AvgIpc) is 2.70. The van der Waals surface area contributed by atoms with E-state index in [0.29, 0.717) is 0 Å². The molecule has 0 atom stereocenters. The summed E-state index contributed by atoms with van der Waals surface area (Å²) in [6.45, 7) is 8.61. The molecule has 166 valence electrons. The quantitative estimate of drug-likeness (QED) is 0.231. The molecule has 0 saturated carbocycles. The minimum atomic E-state index is 0. The molecule has 1 aromatic rings. The predicted molar refractivity (Wildman–Crippen MR) is 132 cm³/mol. The normalized spacial score (nSPS) is 10.3. The van der Waals surface area contributed by atoms with Crippen molar-refractivity contribution in [1.29, 1.82) is 0 Å². The summed E-state index contributed by atoms with van der Waals surface area (Å²) in [5, 5.41) is 0. The fourth-order valence-electron chi connectivity index (χ4n) is 3.55. The van der Waals surface area contributed by atoms with Crippen molar-refractivity contribution in [3.05, 3.63) is 35.9 Å². The van der Waals surface area contributed by atoms with E-state index in [1.54, 1.807) is 0 Å². The van der Waals surface area contributed by atoms with Gasteiger partial charge in [0.25, 0.3) is 0 Å². The molecule has 0 unspecified atom stereocenters. The van der Waals surface area contributed by atoms with Gasteiger partial charge in [-0.05, 0) is 25.6 Å². The fraction of sp³-hybridized carbons (Fsp3) is 0.769. The highest BCUT2D eigenvalue weighted by Crippen LogP contribution is 2.13. The molecule has 1 aromatic carbocycles. The van der Waals surface area contributed by atoms with E-state index in [1.807, 2.05) is 13.8 Å². The molecule has 0 heterocycles. The number of hydrogen-bond acceptors (Lipinski definition) is 1. The van der Waals surface area contributed by atoms with Crippen molar-refractivity contribution in [3.8, 4) is 0 Å². The summed E-state index contributed by atoms with van der Waals surface area (Å²) in [5.41, 5.74) is 1.43. The summed E-state index contributed by atoms with van der Waals surface area (Å²) in [5.74, 6) is 0. The number of halogens is 1. The molecule has 0 radical (unpaired) electrons. The Morgan fingerprint density at radius 3 is 1.43 bits per heavy atom. The van der Waals surface area contributed by atoms with Gasteiger partial charge in [-0.15, -0.1) is 12.4 Å². The Morgan fingerprint density at radius 2 is 1.00 bits per heavy atom. The van der Waals surface area contributed by atoms with E-state index >= 15 is 0 Å². The van der Waals surface area contributed by atoms with Crippen LogP contribution in [0.3, 0.4) is 0 Å². The van der Waals surface area contributed by atoms with Gasteiger partial charge >= 0.3 is 0 Å². The van der Waals surface area contributed by atoms with Crippen molar-refractivity contribution in [1.82, 2.24) is 4.90 Å². The second kappa shape index (κ2) is 24.5. The molecule has 28 heavy (non-hydrogen) atoms. The molecule has 0 fully saturated rings. The Morgan fingerprint density at radius 1 is 0.607 bits per heavy atom. The van der Waals surface area contributed by atoms with E-state index in [0.717, 1.165) is 6.54 Å². The van der Waals surface area contributed by atoms with Crippen LogP contribution in [0.1, 0.15) is 116 Å². The van der Waals surface area contributed by atoms with Gasteiger partial charge in [-0.2, -0.15) is 0 Å². The smallest absolute Gasteiger partial charge is 0.0230 e. The van der Waals surface area contributed by atoms with E-state index in [2.05, 4.69) is 49.2 Å². The molecule has 0 saturated heterocycles. The van der Waals surface area contributed by atoms with Crippen LogP contribution in [0.4, 0.5) is 0 Å². The Labute approximate surface area is 184 Å². The van der Waals surface area contributed by atoms with E-state index < -0.39 is 0 Å². The maximum Gasteiger partial charge on any atom is 0.0230 e. The highest BCUT2D eigenvalue weighted by Gasteiger charge is 2.00. The maximum absolute atomic E-state index is 2.45. The lowest BCUT2D eigenvalue weighted by Crippen LogP contribution is -2.18. The lowest BCUT2D eigenvalue weighted by atomic mass is 10.0. The minimum Gasteiger partial charge on any atom is -0.302 e. The van der Waals surface area contributed by atoms with Crippen LogP contribution in [-0.4, -0.2) is 18.5 Å². The van der Waals surface area contributed by atoms with Gasteiger partial charge in [0, 0.05) is 6.54 Å². The van der Waals surface area contributed by atoms with Gasteiger partial charge in [-0.1, -0.05) is 135 Å². The number of rotatable bonds is 17. The summed E-state index contributed by atoms with van der Waals surface area (Å²) in [6, 6.07) is 10.8. The second-order valence-electron chi connectivity index (χ2n) is 7.82. The van der Waals surface area contributed by atoms with E-state index in [4.69, 9.17) is 0 Å². The monoisotopic (exact) mass is 411 g/mol. The summed E-state index contributed by atoms with van der Waals surface area (Å²) in [4.78, 5) is 2.45. The number of unbranched alkanes of at least 4 members (excludes halogenated alkanes) is 13. The first-order valence-electron chi connectivity index (χ1n) is 12.1. The van der Waals surface area contributed by atoms with Gasteiger partial charge in [0.15, 0.2) is 0 Å². The highest BCUT2D eigenvalue weighted by molar-refractivity contribution is 5.85. The van der Waals surface area contributed by atoms with E-state index in [1.165, 1.54) is 102 Å². The van der Waals surface area contributed by atoms with E-state index in [-0.39, 0.29) is 12.4 Å². The zero-order valence-electron chi connectivity index (χ0n) is 19.6. The molecule has 0 aliphatic rings. The zero-order valence-corrected chi connectivity index (χ0v) is 20.4. The zero-order chi connectivity index (χ0) is 20.0. The molecule has 0 aromatic heterocycles. The summed E-state index contributed by atoms with van der Waals surface area (Å²) in [6.07, 6.45) is 20.1. The van der Waals surface area contributed by atoms with Crippen LogP contribution in [-0.2, 0) is 6.54 Å². The Kier molecular flexibility index (Phi) is 26.0. The van der Waals surface area contributed by atoms with Crippen molar-refractivity contribution < 1.29 is 0 Å². The van der Waals surface area contributed by atoms with Crippen LogP contribution in [0, 0.1) is 0 Å². The van der Waals surface area contributed by atoms with Crippen molar-refractivity contribution in [2.75, 3.05) is 13.6 Å². The molecule has 0 spiro atoms. The van der Waals surface area contributed by atoms with Crippen LogP contribution in [0.5, 0.6) is 0 Å². The largest absolute Gasteiger partial charge is 0.302 e. The number of benzene rings is 1. The van der Waals surface area contributed by atoms with Crippen LogP contribution in [0.2, 0.25) is 0 Å². The number of hydrogen-bond donors (Lipinski definition) is 0. The molecule has 0 bridgehead atoms. The van der Waals surface area contributed by atoms with Gasteiger partial charge in [-0.3, -0.25) is 0 Å². The SMILES string of the molecule is CC.CCCCCCCCCCCCCCCCN(C)Cc1ccccc1.Cl. The summed E-state index contributed by atoms with van der Waals surface area (Å²) < 4.78 is 0. The van der Waals surface area contributed by atoms with Crippen LogP contribution in [0.25, 0.3) is 0 Å². The molecule has 1 nitrogen and oxygen atoms in total. The third-order valence-electron chi connectivity index (χ3n) is 5.19. The molecular weight excluding hydrogens is 362 g/mol. The van der Waals surface area contributed by atoms with Crippen molar-refractivity contribution in [2.24, 2.45) is 0 Å².